The van der Waals surface area contributed by atoms with Gasteiger partial charge in [0.15, 0.2) is 0 Å². The van der Waals surface area contributed by atoms with E-state index in [9.17, 15) is 18.0 Å². The van der Waals surface area contributed by atoms with Crippen LogP contribution in [0.25, 0.3) is 0 Å². The second-order valence-corrected chi connectivity index (χ2v) is 6.97. The van der Waals surface area contributed by atoms with Crippen LogP contribution in [0.1, 0.15) is 35.3 Å². The molecule has 1 amide bonds. The van der Waals surface area contributed by atoms with E-state index < -0.39 is 18.0 Å². The number of hydrogen-bond acceptors (Lipinski definition) is 6. The molecule has 10 heteroatoms. The smallest absolute Gasteiger partial charge is 0.405 e. The molecule has 0 radical (unpaired) electrons. The van der Waals surface area contributed by atoms with Gasteiger partial charge in [-0.2, -0.15) is 4.98 Å². The number of carbonyl (C=O) groups is 1. The normalized spacial score (nSPS) is 14.3. The molecule has 1 aromatic carbocycles. The van der Waals surface area contributed by atoms with Crippen molar-refractivity contribution in [1.29, 1.82) is 0 Å². The number of ether oxygens (including phenoxy) is 1. The Hall–Kier alpha value is -3.04. The van der Waals surface area contributed by atoms with Gasteiger partial charge in [-0.15, -0.1) is 13.2 Å². The zero-order valence-electron chi connectivity index (χ0n) is 16.6. The van der Waals surface area contributed by atoms with Gasteiger partial charge in [0.25, 0.3) is 5.91 Å². The summed E-state index contributed by atoms with van der Waals surface area (Å²) in [6.45, 7) is 4.31. The summed E-state index contributed by atoms with van der Waals surface area (Å²) in [4.78, 5) is 23.4. The van der Waals surface area contributed by atoms with Gasteiger partial charge in [0.05, 0.1) is 5.56 Å². The number of aromatic nitrogens is 2. The number of halogens is 3. The summed E-state index contributed by atoms with van der Waals surface area (Å²) in [5, 5.41) is 5.62. The van der Waals surface area contributed by atoms with E-state index >= 15 is 0 Å². The third-order valence-corrected chi connectivity index (χ3v) is 4.57. The molecule has 2 aromatic rings. The molecule has 0 spiro atoms. The molecule has 1 saturated heterocycles. The maximum Gasteiger partial charge on any atom is 0.573 e. The minimum atomic E-state index is -4.87. The maximum absolute atomic E-state index is 12.5. The summed E-state index contributed by atoms with van der Waals surface area (Å²) in [6.07, 6.45) is -1.37. The number of anilines is 2. The van der Waals surface area contributed by atoms with Crippen LogP contribution in [0.4, 0.5) is 24.9 Å². The van der Waals surface area contributed by atoms with Crippen LogP contribution in [0.2, 0.25) is 0 Å². The lowest BCUT2D eigenvalue weighted by atomic mass is 10.1. The molecule has 1 aliphatic rings. The Bertz CT molecular complexity index is 870. The van der Waals surface area contributed by atoms with Crippen molar-refractivity contribution in [1.82, 2.24) is 15.3 Å². The second kappa shape index (κ2) is 9.64. The molecule has 3 rings (SSSR count). The van der Waals surface area contributed by atoms with Crippen molar-refractivity contribution in [2.24, 2.45) is 0 Å². The zero-order valence-corrected chi connectivity index (χ0v) is 16.6. The molecule has 7 nitrogen and oxygen atoms in total. The Morgan fingerprint density at radius 2 is 1.87 bits per heavy atom. The predicted molar refractivity (Wildman–Crippen MR) is 107 cm³/mol. The summed E-state index contributed by atoms with van der Waals surface area (Å²) < 4.78 is 41.4. The number of nitrogens with one attached hydrogen (secondary N) is 2. The first kappa shape index (κ1) is 21.7. The van der Waals surface area contributed by atoms with Crippen molar-refractivity contribution < 1.29 is 22.7 Å². The van der Waals surface area contributed by atoms with Crippen LogP contribution >= 0.6 is 0 Å². The van der Waals surface area contributed by atoms with Crippen molar-refractivity contribution in [3.05, 3.63) is 41.6 Å². The number of nitrogens with zero attached hydrogens (tertiary/aromatic N) is 3. The number of amides is 1. The zero-order chi connectivity index (χ0) is 21.6. The fourth-order valence-electron chi connectivity index (χ4n) is 3.23. The fourth-order valence-corrected chi connectivity index (χ4v) is 3.23. The van der Waals surface area contributed by atoms with Crippen molar-refractivity contribution in [3.63, 3.8) is 0 Å². The molecule has 30 heavy (non-hydrogen) atoms. The van der Waals surface area contributed by atoms with E-state index in [2.05, 4.69) is 30.2 Å². The van der Waals surface area contributed by atoms with Gasteiger partial charge in [-0.1, -0.05) is 12.1 Å². The van der Waals surface area contributed by atoms with E-state index in [0.717, 1.165) is 43.5 Å². The van der Waals surface area contributed by atoms with Crippen LogP contribution in [-0.2, 0) is 0 Å². The highest BCUT2D eigenvalue weighted by atomic mass is 19.4. The lowest BCUT2D eigenvalue weighted by Crippen LogP contribution is -2.31. The van der Waals surface area contributed by atoms with Crippen LogP contribution in [0, 0.1) is 6.92 Å². The minimum absolute atomic E-state index is 0.176. The van der Waals surface area contributed by atoms with Crippen molar-refractivity contribution in [3.8, 4) is 5.75 Å². The molecule has 0 bridgehead atoms. The molecule has 2 heterocycles. The Labute approximate surface area is 172 Å². The first-order chi connectivity index (χ1) is 14.3. The van der Waals surface area contributed by atoms with Gasteiger partial charge in [-0.3, -0.25) is 4.79 Å². The van der Waals surface area contributed by atoms with Crippen molar-refractivity contribution in [2.75, 3.05) is 36.4 Å². The minimum Gasteiger partial charge on any atom is -0.405 e. The van der Waals surface area contributed by atoms with Crippen LogP contribution in [0.5, 0.6) is 5.75 Å². The van der Waals surface area contributed by atoms with Crippen LogP contribution < -0.4 is 20.3 Å². The molecule has 1 aliphatic heterocycles. The van der Waals surface area contributed by atoms with E-state index in [4.69, 9.17) is 0 Å². The molecule has 0 aliphatic carbocycles. The van der Waals surface area contributed by atoms with E-state index in [-0.39, 0.29) is 12.1 Å². The molecule has 1 fully saturated rings. The number of para-hydroxylation sites is 1. The predicted octanol–water partition coefficient (Wildman–Crippen LogP) is 3.52. The summed E-state index contributed by atoms with van der Waals surface area (Å²) in [5.41, 5.74) is 0.643. The first-order valence-electron chi connectivity index (χ1n) is 9.79. The second-order valence-electron chi connectivity index (χ2n) is 6.97. The average molecular weight is 423 g/mol. The Kier molecular flexibility index (Phi) is 6.96. The monoisotopic (exact) mass is 423 g/mol. The molecule has 1 aromatic heterocycles. The van der Waals surface area contributed by atoms with Gasteiger partial charge in [0.2, 0.25) is 5.95 Å². The highest BCUT2D eigenvalue weighted by molar-refractivity contribution is 5.96. The van der Waals surface area contributed by atoms with E-state index in [1.54, 1.807) is 0 Å². The highest BCUT2D eigenvalue weighted by Crippen LogP contribution is 2.26. The number of carbonyl (C=O) groups excluding carboxylic acids is 1. The molecule has 2 N–H and O–H groups in total. The van der Waals surface area contributed by atoms with Gasteiger partial charge < -0.3 is 20.3 Å². The molecule has 0 unspecified atom stereocenters. The lowest BCUT2D eigenvalue weighted by Gasteiger charge is -2.28. The van der Waals surface area contributed by atoms with Crippen LogP contribution in [0.3, 0.4) is 0 Å². The van der Waals surface area contributed by atoms with Crippen LogP contribution in [0.15, 0.2) is 30.3 Å². The number of hydrogen-bond donors (Lipinski definition) is 2. The van der Waals surface area contributed by atoms with E-state index in [0.29, 0.717) is 12.5 Å². The summed E-state index contributed by atoms with van der Waals surface area (Å²) in [7, 11) is 0. The van der Waals surface area contributed by atoms with Gasteiger partial charge in [0.1, 0.15) is 11.6 Å². The Balaban J connectivity index is 1.54. The maximum atomic E-state index is 12.5. The molecule has 0 atom stereocenters. The fraction of sp³-hybridized carbons (Fsp3) is 0.450. The molecule has 162 valence electrons. The van der Waals surface area contributed by atoms with E-state index in [1.807, 2.05) is 13.0 Å². The van der Waals surface area contributed by atoms with Gasteiger partial charge in [0, 0.05) is 37.9 Å². The largest absolute Gasteiger partial charge is 0.573 e. The Morgan fingerprint density at radius 1 is 1.13 bits per heavy atom. The topological polar surface area (TPSA) is 79.4 Å². The summed E-state index contributed by atoms with van der Waals surface area (Å²) in [6, 6.07) is 7.16. The van der Waals surface area contributed by atoms with Gasteiger partial charge in [-0.05, 0) is 38.3 Å². The number of rotatable bonds is 7. The highest BCUT2D eigenvalue weighted by Gasteiger charge is 2.32. The van der Waals surface area contributed by atoms with Gasteiger partial charge in [-0.25, -0.2) is 4.98 Å². The summed E-state index contributed by atoms with van der Waals surface area (Å²) >= 11 is 0. The van der Waals surface area contributed by atoms with Crippen molar-refractivity contribution >= 4 is 17.7 Å². The lowest BCUT2D eigenvalue weighted by molar-refractivity contribution is -0.274. The average Bonchev–Trinajstić information content (AvgIpc) is 2.70. The SMILES string of the molecule is Cc1cc(N2CCCCC2)nc(NCCNC(=O)c2ccccc2OC(F)(F)F)n1. The molecule has 0 saturated carbocycles. The molecular weight excluding hydrogens is 399 g/mol. The molecular formula is C20H24F3N5O2. The van der Waals surface area contributed by atoms with Crippen molar-refractivity contribution in [2.45, 2.75) is 32.5 Å². The third kappa shape index (κ3) is 6.23. The third-order valence-electron chi connectivity index (χ3n) is 4.57. The number of benzene rings is 1. The summed E-state index contributed by atoms with van der Waals surface area (Å²) in [5.74, 6) is 0.122. The number of alkyl halides is 3. The van der Waals surface area contributed by atoms with E-state index in [1.165, 1.54) is 24.6 Å². The number of piperidine rings is 1. The standard InChI is InChI=1S/C20H24F3N5O2/c1-14-13-17(28-11-5-2-6-12-28)27-19(26-14)25-10-9-24-18(29)15-7-3-4-8-16(15)30-20(21,22)23/h3-4,7-8,13H,2,5-6,9-12H2,1H3,(H,24,29)(H,25,26,27). The van der Waals surface area contributed by atoms with Gasteiger partial charge >= 0.3 is 6.36 Å². The quantitative estimate of drug-likeness (QED) is 0.664. The van der Waals surface area contributed by atoms with Crippen LogP contribution in [-0.4, -0.2) is 48.4 Å². The first-order valence-corrected chi connectivity index (χ1v) is 9.79. The number of aryl methyl sites for hydroxylation is 1. The Morgan fingerprint density at radius 3 is 2.60 bits per heavy atom.